The van der Waals surface area contributed by atoms with Gasteiger partial charge in [-0.05, 0) is 54.9 Å². The first-order valence-corrected chi connectivity index (χ1v) is 10.0. The van der Waals surface area contributed by atoms with Crippen molar-refractivity contribution in [2.24, 2.45) is 11.7 Å². The van der Waals surface area contributed by atoms with Crippen LogP contribution in [0.4, 0.5) is 0 Å². The van der Waals surface area contributed by atoms with E-state index < -0.39 is 10.0 Å². The molecule has 1 saturated heterocycles. The van der Waals surface area contributed by atoms with Gasteiger partial charge in [0.1, 0.15) is 4.90 Å². The van der Waals surface area contributed by atoms with E-state index in [0.29, 0.717) is 34.2 Å². The molecule has 120 valence electrons. The number of nitrogens with zero attached hydrogens (tertiary/aromatic N) is 2. The second kappa shape index (κ2) is 7.06. The van der Waals surface area contributed by atoms with Crippen molar-refractivity contribution in [3.8, 4) is 0 Å². The lowest BCUT2D eigenvalue weighted by atomic mass is 9.98. The molecule has 1 fully saturated rings. The summed E-state index contributed by atoms with van der Waals surface area (Å²) in [7, 11) is 0.705. The van der Waals surface area contributed by atoms with Gasteiger partial charge in [-0.1, -0.05) is 0 Å². The van der Waals surface area contributed by atoms with E-state index in [2.05, 4.69) is 34.9 Å². The molecule has 1 aliphatic heterocycles. The third-order valence-corrected chi connectivity index (χ3v) is 7.90. The number of rotatable bonds is 5. The Morgan fingerprint density at radius 2 is 2.05 bits per heavy atom. The third kappa shape index (κ3) is 4.05. The molecule has 5 nitrogen and oxygen atoms in total. The Balaban J connectivity index is 2.09. The van der Waals surface area contributed by atoms with Crippen LogP contribution in [0.25, 0.3) is 0 Å². The summed E-state index contributed by atoms with van der Waals surface area (Å²) < 4.78 is 27.7. The van der Waals surface area contributed by atoms with Gasteiger partial charge >= 0.3 is 0 Å². The highest BCUT2D eigenvalue weighted by molar-refractivity contribution is 9.11. The van der Waals surface area contributed by atoms with Gasteiger partial charge in [-0.3, -0.25) is 0 Å². The van der Waals surface area contributed by atoms with Crippen LogP contribution in [-0.2, 0) is 16.6 Å². The maximum Gasteiger partial charge on any atom is 0.245 e. The van der Waals surface area contributed by atoms with Crippen LogP contribution in [0, 0.1) is 5.92 Å². The summed E-state index contributed by atoms with van der Waals surface area (Å²) in [5.74, 6) is 0.581. The zero-order valence-corrected chi connectivity index (χ0v) is 15.6. The van der Waals surface area contributed by atoms with E-state index in [1.807, 2.05) is 0 Å². The van der Waals surface area contributed by atoms with Gasteiger partial charge in [-0.2, -0.15) is 4.31 Å². The SMILES string of the molecule is CN(C)CC1CCN(S(=O)(=O)c2cc(CN)sc2Br)CC1. The molecule has 1 aliphatic rings. The number of thiophene rings is 1. The maximum atomic E-state index is 12.7. The third-order valence-electron chi connectivity index (χ3n) is 3.72. The maximum absolute atomic E-state index is 12.7. The molecule has 21 heavy (non-hydrogen) atoms. The first-order chi connectivity index (χ1) is 9.84. The smallest absolute Gasteiger partial charge is 0.245 e. The van der Waals surface area contributed by atoms with Gasteiger partial charge < -0.3 is 10.6 Å². The molecule has 0 saturated carbocycles. The minimum absolute atomic E-state index is 0.360. The molecule has 2 N–H and O–H groups in total. The Kier molecular flexibility index (Phi) is 5.84. The zero-order chi connectivity index (χ0) is 15.6. The lowest BCUT2D eigenvalue weighted by Crippen LogP contribution is -2.40. The van der Waals surface area contributed by atoms with Crippen LogP contribution in [0.3, 0.4) is 0 Å². The van der Waals surface area contributed by atoms with Crippen LogP contribution in [0.1, 0.15) is 17.7 Å². The monoisotopic (exact) mass is 395 g/mol. The predicted octanol–water partition coefficient (Wildman–Crippen LogP) is 1.93. The molecule has 2 heterocycles. The average molecular weight is 396 g/mol. The molecular formula is C13H22BrN3O2S2. The van der Waals surface area contributed by atoms with Gasteiger partial charge in [-0.15, -0.1) is 11.3 Å². The van der Waals surface area contributed by atoms with E-state index in [0.717, 1.165) is 24.3 Å². The predicted molar refractivity (Wildman–Crippen MR) is 89.9 cm³/mol. The van der Waals surface area contributed by atoms with E-state index >= 15 is 0 Å². The van der Waals surface area contributed by atoms with E-state index in [1.165, 1.54) is 11.3 Å². The van der Waals surface area contributed by atoms with Gasteiger partial charge in [-0.25, -0.2) is 8.42 Å². The summed E-state index contributed by atoms with van der Waals surface area (Å²) >= 11 is 4.75. The summed E-state index contributed by atoms with van der Waals surface area (Å²) in [4.78, 5) is 3.40. The molecule has 0 aliphatic carbocycles. The fraction of sp³-hybridized carbons (Fsp3) is 0.692. The van der Waals surface area contributed by atoms with E-state index in [4.69, 9.17) is 5.73 Å². The van der Waals surface area contributed by atoms with Crippen LogP contribution in [0.2, 0.25) is 0 Å². The fourth-order valence-electron chi connectivity index (χ4n) is 2.66. The Morgan fingerprint density at radius 3 is 2.52 bits per heavy atom. The number of piperidine rings is 1. The van der Waals surface area contributed by atoms with Crippen molar-refractivity contribution in [1.82, 2.24) is 9.21 Å². The molecule has 1 aromatic heterocycles. The van der Waals surface area contributed by atoms with Crippen LogP contribution < -0.4 is 5.73 Å². The van der Waals surface area contributed by atoms with Crippen LogP contribution in [0.15, 0.2) is 14.7 Å². The van der Waals surface area contributed by atoms with Crippen LogP contribution >= 0.6 is 27.3 Å². The first-order valence-electron chi connectivity index (χ1n) is 6.97. The molecule has 0 amide bonds. The molecule has 0 bridgehead atoms. The van der Waals surface area contributed by atoms with Gasteiger partial charge in [0, 0.05) is 31.1 Å². The summed E-state index contributed by atoms with van der Waals surface area (Å²) in [5.41, 5.74) is 5.59. The van der Waals surface area contributed by atoms with Crippen LogP contribution in [0.5, 0.6) is 0 Å². The van der Waals surface area contributed by atoms with Crippen molar-refractivity contribution >= 4 is 37.3 Å². The van der Waals surface area contributed by atoms with Crippen molar-refractivity contribution in [2.45, 2.75) is 24.3 Å². The number of nitrogens with two attached hydrogens (primary N) is 1. The van der Waals surface area contributed by atoms with Gasteiger partial charge in [0.2, 0.25) is 10.0 Å². The average Bonchev–Trinajstić information content (AvgIpc) is 2.81. The second-order valence-electron chi connectivity index (χ2n) is 5.66. The lowest BCUT2D eigenvalue weighted by molar-refractivity contribution is 0.225. The van der Waals surface area contributed by atoms with E-state index in [9.17, 15) is 8.42 Å². The fourth-order valence-corrected chi connectivity index (χ4v) is 6.64. The standard InChI is InChI=1S/C13H22BrN3O2S2/c1-16(2)9-10-3-5-17(6-4-10)21(18,19)12-7-11(8-15)20-13(12)14/h7,10H,3-6,8-9,15H2,1-2H3. The Labute approximate surface area is 139 Å². The number of hydrogen-bond acceptors (Lipinski definition) is 5. The first kappa shape index (κ1) is 17.4. The van der Waals surface area contributed by atoms with Crippen molar-refractivity contribution in [3.05, 3.63) is 14.7 Å². The van der Waals surface area contributed by atoms with Crippen molar-refractivity contribution < 1.29 is 8.42 Å². The Morgan fingerprint density at radius 1 is 1.43 bits per heavy atom. The second-order valence-corrected chi connectivity index (χ2v) is 10.0. The highest BCUT2D eigenvalue weighted by Gasteiger charge is 2.31. The molecule has 2 rings (SSSR count). The zero-order valence-electron chi connectivity index (χ0n) is 12.4. The summed E-state index contributed by atoms with van der Waals surface area (Å²) in [6.07, 6.45) is 1.84. The Hall–Kier alpha value is 0.01000. The normalized spacial score (nSPS) is 18.5. The van der Waals surface area contributed by atoms with Gasteiger partial charge in [0.15, 0.2) is 0 Å². The van der Waals surface area contributed by atoms with E-state index in [1.54, 1.807) is 10.4 Å². The minimum atomic E-state index is -3.41. The molecule has 1 aromatic rings. The van der Waals surface area contributed by atoms with Gasteiger partial charge in [0.25, 0.3) is 0 Å². The highest BCUT2D eigenvalue weighted by Crippen LogP contribution is 2.34. The molecule has 8 heteroatoms. The van der Waals surface area contributed by atoms with Crippen molar-refractivity contribution in [3.63, 3.8) is 0 Å². The minimum Gasteiger partial charge on any atom is -0.326 e. The van der Waals surface area contributed by atoms with Gasteiger partial charge in [0.05, 0.1) is 3.79 Å². The van der Waals surface area contributed by atoms with E-state index in [-0.39, 0.29) is 0 Å². The topological polar surface area (TPSA) is 66.6 Å². The molecule has 0 spiro atoms. The van der Waals surface area contributed by atoms with Crippen molar-refractivity contribution in [1.29, 1.82) is 0 Å². The quantitative estimate of drug-likeness (QED) is 0.826. The van der Waals surface area contributed by atoms with Crippen molar-refractivity contribution in [2.75, 3.05) is 33.7 Å². The Bertz CT molecular complexity index is 578. The largest absolute Gasteiger partial charge is 0.326 e. The molecule has 0 atom stereocenters. The summed E-state index contributed by atoms with van der Waals surface area (Å²) in [5, 5.41) is 0. The number of hydrogen-bond donors (Lipinski definition) is 1. The highest BCUT2D eigenvalue weighted by atomic mass is 79.9. The molecule has 0 radical (unpaired) electrons. The molecule has 0 aromatic carbocycles. The molecular weight excluding hydrogens is 374 g/mol. The lowest BCUT2D eigenvalue weighted by Gasteiger charge is -2.32. The number of sulfonamides is 1. The van der Waals surface area contributed by atoms with Crippen LogP contribution in [-0.4, -0.2) is 51.4 Å². The summed E-state index contributed by atoms with van der Waals surface area (Å²) in [6, 6.07) is 1.69. The molecule has 0 unspecified atom stereocenters. The number of halogens is 1. The summed E-state index contributed by atoms with van der Waals surface area (Å²) in [6.45, 7) is 2.58.